The van der Waals surface area contributed by atoms with Crippen LogP contribution in [0.15, 0.2) is 41.3 Å². The number of unbranched alkanes of at least 4 members (excludes halogenated alkanes) is 3. The molecule has 0 amide bonds. The molecule has 0 N–H and O–H groups in total. The monoisotopic (exact) mass is 354 g/mol. The van der Waals surface area contributed by atoms with Crippen molar-refractivity contribution in [3.05, 3.63) is 57.6 Å². The molecule has 0 atom stereocenters. The van der Waals surface area contributed by atoms with Gasteiger partial charge in [0.05, 0.1) is 11.8 Å². The standard InChI is InChI=1S/C19H19ClN4O/c1-14-12-18(25)24-13-17(15-6-8-16(20)9-7-15)22-19(24)23(14)11-5-3-2-4-10-21/h6-9,12-13H,2-5,11H2,1H3. The molecule has 25 heavy (non-hydrogen) atoms. The number of fused-ring (bicyclic) bond motifs is 1. The smallest absolute Gasteiger partial charge is 0.259 e. The lowest BCUT2D eigenvalue weighted by Gasteiger charge is -2.11. The molecule has 0 aliphatic heterocycles. The fraction of sp³-hybridized carbons (Fsp3) is 0.316. The number of nitrogens with zero attached hydrogens (tertiary/aromatic N) is 4. The largest absolute Gasteiger partial charge is 0.315 e. The van der Waals surface area contributed by atoms with Crippen molar-refractivity contribution >= 4 is 17.4 Å². The Morgan fingerprint density at radius 2 is 1.96 bits per heavy atom. The first-order chi connectivity index (χ1) is 12.1. The molecule has 3 rings (SSSR count). The average Bonchev–Trinajstić information content (AvgIpc) is 3.03. The molecular weight excluding hydrogens is 336 g/mol. The third-order valence-electron chi connectivity index (χ3n) is 4.23. The molecule has 0 radical (unpaired) electrons. The summed E-state index contributed by atoms with van der Waals surface area (Å²) in [7, 11) is 0. The van der Waals surface area contributed by atoms with Crippen LogP contribution in [0.2, 0.25) is 5.02 Å². The molecule has 0 fully saturated rings. The number of imidazole rings is 1. The minimum Gasteiger partial charge on any atom is -0.315 e. The van der Waals surface area contributed by atoms with E-state index in [0.29, 0.717) is 17.2 Å². The van der Waals surface area contributed by atoms with Gasteiger partial charge in [-0.25, -0.2) is 4.98 Å². The maximum Gasteiger partial charge on any atom is 0.259 e. The van der Waals surface area contributed by atoms with Crippen LogP contribution in [0.3, 0.4) is 0 Å². The topological polar surface area (TPSA) is 63.1 Å². The number of benzene rings is 1. The van der Waals surface area contributed by atoms with Gasteiger partial charge in [-0.1, -0.05) is 30.2 Å². The fourth-order valence-corrected chi connectivity index (χ4v) is 3.02. The van der Waals surface area contributed by atoms with Crippen molar-refractivity contribution in [3.8, 4) is 17.3 Å². The zero-order valence-electron chi connectivity index (χ0n) is 14.1. The zero-order chi connectivity index (χ0) is 17.8. The van der Waals surface area contributed by atoms with Crippen molar-refractivity contribution in [2.75, 3.05) is 0 Å². The van der Waals surface area contributed by atoms with Crippen molar-refractivity contribution in [2.24, 2.45) is 0 Å². The number of aromatic nitrogens is 3. The number of hydrogen-bond donors (Lipinski definition) is 0. The fourth-order valence-electron chi connectivity index (χ4n) is 2.89. The van der Waals surface area contributed by atoms with Crippen LogP contribution in [-0.4, -0.2) is 14.0 Å². The van der Waals surface area contributed by atoms with Gasteiger partial charge in [-0.2, -0.15) is 5.26 Å². The van der Waals surface area contributed by atoms with Gasteiger partial charge in [0, 0.05) is 41.5 Å². The molecule has 5 nitrogen and oxygen atoms in total. The van der Waals surface area contributed by atoms with Crippen LogP contribution in [0.1, 0.15) is 31.4 Å². The van der Waals surface area contributed by atoms with E-state index in [4.69, 9.17) is 16.9 Å². The Bertz CT molecular complexity index is 980. The summed E-state index contributed by atoms with van der Waals surface area (Å²) in [6.45, 7) is 2.70. The lowest BCUT2D eigenvalue weighted by molar-refractivity contribution is 0.582. The molecule has 3 aromatic rings. The predicted molar refractivity (Wildman–Crippen MR) is 98.7 cm³/mol. The van der Waals surface area contributed by atoms with E-state index in [9.17, 15) is 4.79 Å². The normalized spacial score (nSPS) is 10.9. The molecular formula is C19H19ClN4O. The van der Waals surface area contributed by atoms with E-state index < -0.39 is 0 Å². The quantitative estimate of drug-likeness (QED) is 0.623. The Kier molecular flexibility index (Phi) is 5.20. The van der Waals surface area contributed by atoms with Gasteiger partial charge in [0.25, 0.3) is 5.56 Å². The minimum atomic E-state index is -0.0825. The van der Waals surface area contributed by atoms with E-state index >= 15 is 0 Å². The predicted octanol–water partition coefficient (Wildman–Crippen LogP) is 4.21. The lowest BCUT2D eigenvalue weighted by atomic mass is 10.2. The summed E-state index contributed by atoms with van der Waals surface area (Å²) in [5.74, 6) is 0.648. The molecule has 0 bridgehead atoms. The van der Waals surface area contributed by atoms with Gasteiger partial charge in [0.15, 0.2) is 0 Å². The van der Waals surface area contributed by atoms with Crippen LogP contribution in [0.4, 0.5) is 0 Å². The van der Waals surface area contributed by atoms with Crippen molar-refractivity contribution < 1.29 is 0 Å². The van der Waals surface area contributed by atoms with E-state index in [1.807, 2.05) is 31.2 Å². The molecule has 0 unspecified atom stereocenters. The summed E-state index contributed by atoms with van der Waals surface area (Å²) in [6, 6.07) is 11.2. The first kappa shape index (κ1) is 17.2. The average molecular weight is 355 g/mol. The molecule has 0 aliphatic carbocycles. The van der Waals surface area contributed by atoms with Gasteiger partial charge in [-0.15, -0.1) is 0 Å². The molecule has 0 aliphatic rings. The van der Waals surface area contributed by atoms with Gasteiger partial charge >= 0.3 is 0 Å². The van der Waals surface area contributed by atoms with Crippen LogP contribution >= 0.6 is 11.6 Å². The SMILES string of the molecule is Cc1cc(=O)n2cc(-c3ccc(Cl)cc3)nc2n1CCCCCC#N. The van der Waals surface area contributed by atoms with Crippen LogP contribution in [0.25, 0.3) is 17.0 Å². The van der Waals surface area contributed by atoms with E-state index in [2.05, 4.69) is 15.6 Å². The Morgan fingerprint density at radius 3 is 2.68 bits per heavy atom. The lowest BCUT2D eigenvalue weighted by Crippen LogP contribution is -2.18. The Hall–Kier alpha value is -2.58. The van der Waals surface area contributed by atoms with Crippen molar-refractivity contribution in [3.63, 3.8) is 0 Å². The van der Waals surface area contributed by atoms with Crippen LogP contribution in [0.5, 0.6) is 0 Å². The highest BCUT2D eigenvalue weighted by Gasteiger charge is 2.11. The van der Waals surface area contributed by atoms with Crippen molar-refractivity contribution in [2.45, 2.75) is 39.2 Å². The Balaban J connectivity index is 1.95. The molecule has 2 heterocycles. The second kappa shape index (κ2) is 7.54. The summed E-state index contributed by atoms with van der Waals surface area (Å²) in [6.07, 6.45) is 5.19. The summed E-state index contributed by atoms with van der Waals surface area (Å²) in [5.41, 5.74) is 2.48. The summed E-state index contributed by atoms with van der Waals surface area (Å²) in [4.78, 5) is 17.0. The van der Waals surface area contributed by atoms with E-state index in [-0.39, 0.29) is 5.56 Å². The molecule has 1 aromatic carbocycles. The van der Waals surface area contributed by atoms with Crippen LogP contribution in [0, 0.1) is 18.3 Å². The number of nitriles is 1. The Labute approximate surface area is 151 Å². The molecule has 6 heteroatoms. The third kappa shape index (κ3) is 3.75. The summed E-state index contributed by atoms with van der Waals surface area (Å²) < 4.78 is 3.65. The number of aryl methyl sites for hydroxylation is 2. The van der Waals surface area contributed by atoms with Crippen molar-refractivity contribution in [1.29, 1.82) is 5.26 Å². The van der Waals surface area contributed by atoms with Gasteiger partial charge < -0.3 is 4.57 Å². The van der Waals surface area contributed by atoms with Crippen molar-refractivity contribution in [1.82, 2.24) is 14.0 Å². The second-order valence-electron chi connectivity index (χ2n) is 6.05. The van der Waals surface area contributed by atoms with E-state index in [1.165, 1.54) is 0 Å². The van der Waals surface area contributed by atoms with Crippen LogP contribution in [-0.2, 0) is 6.54 Å². The molecule has 0 spiro atoms. The Morgan fingerprint density at radius 1 is 1.20 bits per heavy atom. The highest BCUT2D eigenvalue weighted by atomic mass is 35.5. The first-order valence-corrected chi connectivity index (χ1v) is 8.70. The van der Waals surface area contributed by atoms with E-state index in [1.54, 1.807) is 16.7 Å². The second-order valence-corrected chi connectivity index (χ2v) is 6.48. The molecule has 0 saturated carbocycles. The maximum absolute atomic E-state index is 12.3. The number of hydrogen-bond acceptors (Lipinski definition) is 3. The van der Waals surface area contributed by atoms with Gasteiger partial charge in [-0.05, 0) is 31.9 Å². The summed E-state index contributed by atoms with van der Waals surface area (Å²) >= 11 is 5.94. The minimum absolute atomic E-state index is 0.0825. The van der Waals surface area contributed by atoms with Gasteiger partial charge in [0.1, 0.15) is 0 Å². The van der Waals surface area contributed by atoms with Gasteiger partial charge in [-0.3, -0.25) is 9.20 Å². The third-order valence-corrected chi connectivity index (χ3v) is 4.49. The first-order valence-electron chi connectivity index (χ1n) is 8.32. The number of rotatable bonds is 6. The van der Waals surface area contributed by atoms with Crippen LogP contribution < -0.4 is 5.56 Å². The number of halogens is 1. The van der Waals surface area contributed by atoms with E-state index in [0.717, 1.165) is 42.8 Å². The molecule has 0 saturated heterocycles. The maximum atomic E-state index is 12.3. The molecule has 2 aromatic heterocycles. The highest BCUT2D eigenvalue weighted by molar-refractivity contribution is 6.30. The summed E-state index contributed by atoms with van der Waals surface area (Å²) in [5, 5.41) is 9.28. The highest BCUT2D eigenvalue weighted by Crippen LogP contribution is 2.21. The van der Waals surface area contributed by atoms with Gasteiger partial charge in [0.2, 0.25) is 5.78 Å². The zero-order valence-corrected chi connectivity index (χ0v) is 14.8. The molecule has 128 valence electrons.